The molecule has 0 radical (unpaired) electrons. The van der Waals surface area contributed by atoms with Crippen molar-refractivity contribution in [3.05, 3.63) is 126 Å². The second kappa shape index (κ2) is 10.8. The number of rotatable bonds is 8. The van der Waals surface area contributed by atoms with E-state index in [1.165, 1.54) is 0 Å². The number of aromatic nitrogens is 2. The molecule has 5 rings (SSSR count). The van der Waals surface area contributed by atoms with Crippen molar-refractivity contribution in [1.82, 2.24) is 9.38 Å². The Bertz CT molecular complexity index is 1540. The lowest BCUT2D eigenvalue weighted by Crippen LogP contribution is -2.13. The van der Waals surface area contributed by atoms with E-state index in [0.29, 0.717) is 34.9 Å². The number of carbonyl (C=O) groups is 1. The minimum absolute atomic E-state index is 0.188. The number of benzene rings is 3. The first-order valence-electron chi connectivity index (χ1n) is 11.4. The summed E-state index contributed by atoms with van der Waals surface area (Å²) in [6.45, 7) is 0.329. The molecule has 0 aliphatic carbocycles. The zero-order chi connectivity index (χ0) is 24.7. The summed E-state index contributed by atoms with van der Waals surface area (Å²) >= 11 is 1.58. The van der Waals surface area contributed by atoms with Gasteiger partial charge in [-0.15, -0.1) is 11.8 Å². The molecule has 36 heavy (non-hydrogen) atoms. The molecular formula is C29H22N4O2S. The molecule has 2 heterocycles. The third-order valence-electron chi connectivity index (χ3n) is 5.47. The highest BCUT2D eigenvalue weighted by molar-refractivity contribution is 7.98. The summed E-state index contributed by atoms with van der Waals surface area (Å²) in [5.74, 6) is 1.10. The monoisotopic (exact) mass is 490 g/mol. The van der Waals surface area contributed by atoms with Crippen molar-refractivity contribution in [2.75, 3.05) is 5.32 Å². The van der Waals surface area contributed by atoms with Crippen LogP contribution in [0.3, 0.4) is 0 Å². The molecule has 0 aliphatic heterocycles. The summed E-state index contributed by atoms with van der Waals surface area (Å²) in [6, 6.07) is 30.2. The standard InChI is InChI=1S/C29H22N4O2S/c30-17-21-7-5-8-22(15-21)19-35-25-10-6-9-23(16-25)32-29(34)26-11-1-2-12-27(26)36-20-24-18-33-14-4-3-13-28(33)31-24/h1-16,18H,19-20H2,(H,32,34). The maximum Gasteiger partial charge on any atom is 0.256 e. The number of hydrogen-bond donors (Lipinski definition) is 1. The van der Waals surface area contributed by atoms with E-state index in [0.717, 1.165) is 21.8 Å². The van der Waals surface area contributed by atoms with Gasteiger partial charge in [-0.2, -0.15) is 5.26 Å². The molecule has 0 unspecified atom stereocenters. The number of ether oxygens (including phenoxy) is 1. The van der Waals surface area contributed by atoms with E-state index in [1.807, 2.05) is 89.6 Å². The van der Waals surface area contributed by atoms with E-state index in [1.54, 1.807) is 30.0 Å². The summed E-state index contributed by atoms with van der Waals surface area (Å²) in [5, 5.41) is 12.0. The highest BCUT2D eigenvalue weighted by Gasteiger charge is 2.13. The second-order valence-electron chi connectivity index (χ2n) is 8.07. The first-order chi connectivity index (χ1) is 17.7. The fourth-order valence-electron chi connectivity index (χ4n) is 3.75. The largest absolute Gasteiger partial charge is 0.489 e. The Hall–Kier alpha value is -4.54. The Labute approximate surface area is 213 Å². The van der Waals surface area contributed by atoms with Crippen molar-refractivity contribution in [2.24, 2.45) is 0 Å². The van der Waals surface area contributed by atoms with Crippen LogP contribution in [-0.4, -0.2) is 15.3 Å². The number of nitrogens with one attached hydrogen (secondary N) is 1. The zero-order valence-electron chi connectivity index (χ0n) is 19.3. The molecule has 176 valence electrons. The molecule has 3 aromatic carbocycles. The van der Waals surface area contributed by atoms with Crippen LogP contribution < -0.4 is 10.1 Å². The molecule has 5 aromatic rings. The van der Waals surface area contributed by atoms with E-state index in [-0.39, 0.29) is 5.91 Å². The van der Waals surface area contributed by atoms with Crippen LogP contribution in [0.4, 0.5) is 5.69 Å². The molecule has 0 saturated carbocycles. The van der Waals surface area contributed by atoms with Gasteiger partial charge in [-0.1, -0.05) is 36.4 Å². The van der Waals surface area contributed by atoms with Gasteiger partial charge in [0.2, 0.25) is 0 Å². The molecule has 1 amide bonds. The second-order valence-corrected chi connectivity index (χ2v) is 9.08. The number of fused-ring (bicyclic) bond motifs is 1. The Morgan fingerprint density at radius 1 is 1.00 bits per heavy atom. The lowest BCUT2D eigenvalue weighted by Gasteiger charge is -2.11. The highest BCUT2D eigenvalue weighted by Crippen LogP contribution is 2.27. The van der Waals surface area contributed by atoms with Crippen molar-refractivity contribution >= 4 is 29.0 Å². The number of anilines is 1. The van der Waals surface area contributed by atoms with E-state index >= 15 is 0 Å². The average Bonchev–Trinajstić information content (AvgIpc) is 3.34. The first-order valence-corrected chi connectivity index (χ1v) is 12.3. The van der Waals surface area contributed by atoms with Gasteiger partial charge in [0.15, 0.2) is 0 Å². The fourth-order valence-corrected chi connectivity index (χ4v) is 4.68. The van der Waals surface area contributed by atoms with Gasteiger partial charge in [-0.25, -0.2) is 4.98 Å². The van der Waals surface area contributed by atoms with Gasteiger partial charge in [0, 0.05) is 34.8 Å². The Morgan fingerprint density at radius 3 is 2.75 bits per heavy atom. The van der Waals surface area contributed by atoms with Crippen LogP contribution in [0.2, 0.25) is 0 Å². The number of imidazole rings is 1. The van der Waals surface area contributed by atoms with Crippen LogP contribution in [0, 0.1) is 11.3 Å². The van der Waals surface area contributed by atoms with Crippen LogP contribution in [0.15, 0.2) is 108 Å². The van der Waals surface area contributed by atoms with Crippen molar-refractivity contribution in [3.63, 3.8) is 0 Å². The van der Waals surface area contributed by atoms with Crippen molar-refractivity contribution in [2.45, 2.75) is 17.3 Å². The molecule has 0 saturated heterocycles. The maximum absolute atomic E-state index is 13.1. The SMILES string of the molecule is N#Cc1cccc(COc2cccc(NC(=O)c3ccccc3SCc3cn4ccccc4n3)c2)c1. The van der Waals surface area contributed by atoms with E-state index < -0.39 is 0 Å². The maximum atomic E-state index is 13.1. The van der Waals surface area contributed by atoms with Crippen LogP contribution in [0.1, 0.15) is 27.2 Å². The molecule has 6 nitrogen and oxygen atoms in total. The van der Waals surface area contributed by atoms with Crippen LogP contribution in [0.5, 0.6) is 5.75 Å². The number of nitrogens with zero attached hydrogens (tertiary/aromatic N) is 3. The average molecular weight is 491 g/mol. The molecular weight excluding hydrogens is 468 g/mol. The number of amides is 1. The molecule has 0 bridgehead atoms. The normalized spacial score (nSPS) is 10.6. The van der Waals surface area contributed by atoms with Crippen molar-refractivity contribution < 1.29 is 9.53 Å². The van der Waals surface area contributed by atoms with Crippen LogP contribution in [-0.2, 0) is 12.4 Å². The van der Waals surface area contributed by atoms with Crippen molar-refractivity contribution in [3.8, 4) is 11.8 Å². The van der Waals surface area contributed by atoms with Gasteiger partial charge < -0.3 is 14.5 Å². The van der Waals surface area contributed by atoms with Crippen LogP contribution >= 0.6 is 11.8 Å². The lowest BCUT2D eigenvalue weighted by molar-refractivity contribution is 0.102. The van der Waals surface area contributed by atoms with Gasteiger partial charge in [0.05, 0.1) is 22.9 Å². The third-order valence-corrected chi connectivity index (χ3v) is 6.58. The highest BCUT2D eigenvalue weighted by atomic mass is 32.2. The fraction of sp³-hybridized carbons (Fsp3) is 0.0690. The number of pyridine rings is 1. The molecule has 2 aromatic heterocycles. The molecule has 0 fully saturated rings. The number of carbonyl (C=O) groups excluding carboxylic acids is 1. The third kappa shape index (κ3) is 5.57. The predicted octanol–water partition coefficient (Wildman–Crippen LogP) is 6.33. The molecule has 0 atom stereocenters. The Morgan fingerprint density at radius 2 is 1.86 bits per heavy atom. The molecule has 1 N–H and O–H groups in total. The number of thioether (sulfide) groups is 1. The van der Waals surface area contributed by atoms with E-state index in [4.69, 9.17) is 10.00 Å². The Kier molecular flexibility index (Phi) is 6.97. The number of nitriles is 1. The van der Waals surface area contributed by atoms with Gasteiger partial charge in [0.1, 0.15) is 18.0 Å². The lowest BCUT2D eigenvalue weighted by atomic mass is 10.1. The minimum Gasteiger partial charge on any atom is -0.489 e. The predicted molar refractivity (Wildman–Crippen MR) is 141 cm³/mol. The first kappa shape index (κ1) is 23.2. The smallest absolute Gasteiger partial charge is 0.256 e. The summed E-state index contributed by atoms with van der Waals surface area (Å²) < 4.78 is 7.87. The summed E-state index contributed by atoms with van der Waals surface area (Å²) in [7, 11) is 0. The summed E-state index contributed by atoms with van der Waals surface area (Å²) in [4.78, 5) is 18.7. The van der Waals surface area contributed by atoms with Gasteiger partial charge in [-0.3, -0.25) is 4.79 Å². The minimum atomic E-state index is -0.188. The van der Waals surface area contributed by atoms with Crippen LogP contribution in [0.25, 0.3) is 5.65 Å². The summed E-state index contributed by atoms with van der Waals surface area (Å²) in [6.07, 6.45) is 3.98. The van der Waals surface area contributed by atoms with Gasteiger partial charge in [0.25, 0.3) is 5.91 Å². The van der Waals surface area contributed by atoms with Gasteiger partial charge >= 0.3 is 0 Å². The summed E-state index contributed by atoms with van der Waals surface area (Å²) in [5.41, 5.74) is 4.59. The van der Waals surface area contributed by atoms with E-state index in [9.17, 15) is 4.79 Å². The molecule has 0 aliphatic rings. The topological polar surface area (TPSA) is 79.4 Å². The van der Waals surface area contributed by atoms with Crippen molar-refractivity contribution in [1.29, 1.82) is 5.26 Å². The quantitative estimate of drug-likeness (QED) is 0.257. The molecule has 7 heteroatoms. The number of hydrogen-bond acceptors (Lipinski definition) is 5. The zero-order valence-corrected chi connectivity index (χ0v) is 20.1. The van der Waals surface area contributed by atoms with E-state index in [2.05, 4.69) is 16.4 Å². The Balaban J connectivity index is 1.24. The van der Waals surface area contributed by atoms with Gasteiger partial charge in [-0.05, 0) is 54.1 Å². The molecule has 0 spiro atoms.